The van der Waals surface area contributed by atoms with E-state index in [1.165, 1.54) is 18.5 Å². The lowest BCUT2D eigenvalue weighted by molar-refractivity contribution is -0.210. The first kappa shape index (κ1) is 16.8. The molecule has 0 fully saturated rings. The second-order valence-corrected chi connectivity index (χ2v) is 4.23. The van der Waals surface area contributed by atoms with Crippen LogP contribution >= 0.6 is 0 Å². The van der Waals surface area contributed by atoms with E-state index in [1.807, 2.05) is 0 Å². The minimum Gasteiger partial charge on any atom is -0.332 e. The highest BCUT2D eigenvalue weighted by atomic mass is 19.3. The molecule has 0 spiro atoms. The predicted molar refractivity (Wildman–Crippen MR) is 76.4 cm³/mol. The van der Waals surface area contributed by atoms with Gasteiger partial charge in [-0.05, 0) is 36.1 Å². The van der Waals surface area contributed by atoms with E-state index in [9.17, 15) is 13.2 Å². The van der Waals surface area contributed by atoms with Crippen molar-refractivity contribution in [1.82, 2.24) is 0 Å². The van der Waals surface area contributed by atoms with Crippen LogP contribution in [0.15, 0.2) is 47.6 Å². The molecule has 0 saturated heterocycles. The third-order valence-electron chi connectivity index (χ3n) is 2.60. The molecule has 0 radical (unpaired) electrons. The summed E-state index contributed by atoms with van der Waals surface area (Å²) in [6.07, 6.45) is 2.67. The van der Waals surface area contributed by atoms with Crippen molar-refractivity contribution in [3.05, 3.63) is 59.6 Å². The van der Waals surface area contributed by atoms with E-state index >= 15 is 0 Å². The maximum atomic E-state index is 13.4. The number of alkyl halides is 2. The molecule has 112 valence electrons. The van der Waals surface area contributed by atoms with Crippen LogP contribution in [0.25, 0.3) is 0 Å². The Morgan fingerprint density at radius 1 is 1.43 bits per heavy atom. The zero-order valence-electron chi connectivity index (χ0n) is 11.2. The molecule has 2 N–H and O–H groups in total. The first-order valence-corrected chi connectivity index (χ1v) is 6.12. The minimum atomic E-state index is -4.21. The van der Waals surface area contributed by atoms with E-state index in [4.69, 9.17) is 10.5 Å². The Hall–Kier alpha value is -2.21. The van der Waals surface area contributed by atoms with Gasteiger partial charge >= 0.3 is 6.11 Å². The maximum absolute atomic E-state index is 13.4. The van der Waals surface area contributed by atoms with Gasteiger partial charge in [0.05, 0.1) is 5.56 Å². The fourth-order valence-electron chi connectivity index (χ4n) is 1.52. The van der Waals surface area contributed by atoms with Crippen molar-refractivity contribution in [2.24, 2.45) is 4.99 Å². The van der Waals surface area contributed by atoms with E-state index in [2.05, 4.69) is 11.6 Å². The fourth-order valence-corrected chi connectivity index (χ4v) is 1.52. The van der Waals surface area contributed by atoms with Crippen LogP contribution < -0.4 is 0 Å². The summed E-state index contributed by atoms with van der Waals surface area (Å²) in [5, 5.41) is 15.7. The third-order valence-corrected chi connectivity index (χ3v) is 2.60. The third kappa shape index (κ3) is 5.35. The SMILES string of the molecule is C=CCC/C(C=N)=C/N=Cc1ccc(C(O)(F)F)c(F)c1. The number of nitrogens with one attached hydrogen (secondary N) is 1. The molecule has 0 amide bonds. The molecule has 0 unspecified atom stereocenters. The highest BCUT2D eigenvalue weighted by Crippen LogP contribution is 2.26. The van der Waals surface area contributed by atoms with Crippen LogP contribution in [0.1, 0.15) is 24.0 Å². The molecule has 1 rings (SSSR count). The van der Waals surface area contributed by atoms with Gasteiger partial charge in [-0.2, -0.15) is 8.78 Å². The Morgan fingerprint density at radius 2 is 2.14 bits per heavy atom. The Labute approximate surface area is 120 Å². The van der Waals surface area contributed by atoms with Crippen molar-refractivity contribution >= 4 is 12.4 Å². The van der Waals surface area contributed by atoms with E-state index in [0.29, 0.717) is 18.4 Å². The van der Waals surface area contributed by atoms with Gasteiger partial charge in [-0.1, -0.05) is 12.1 Å². The largest absolute Gasteiger partial charge is 0.383 e. The van der Waals surface area contributed by atoms with Gasteiger partial charge < -0.3 is 10.5 Å². The molecule has 6 heteroatoms. The summed E-state index contributed by atoms with van der Waals surface area (Å²) in [6, 6.07) is 2.87. The molecule has 21 heavy (non-hydrogen) atoms. The summed E-state index contributed by atoms with van der Waals surface area (Å²) in [4.78, 5) is 3.91. The van der Waals surface area contributed by atoms with Gasteiger partial charge in [0, 0.05) is 18.6 Å². The van der Waals surface area contributed by atoms with Gasteiger partial charge in [-0.15, -0.1) is 6.58 Å². The first-order valence-electron chi connectivity index (χ1n) is 6.12. The highest BCUT2D eigenvalue weighted by molar-refractivity contribution is 5.81. The van der Waals surface area contributed by atoms with Crippen molar-refractivity contribution in [2.45, 2.75) is 19.0 Å². The summed E-state index contributed by atoms with van der Waals surface area (Å²) in [6.45, 7) is 3.57. The Bertz CT molecular complexity index is 575. The quantitative estimate of drug-likeness (QED) is 0.584. The van der Waals surface area contributed by atoms with Crippen LogP contribution in [0.3, 0.4) is 0 Å². The molecule has 0 heterocycles. The van der Waals surface area contributed by atoms with Crippen molar-refractivity contribution in [3.63, 3.8) is 0 Å². The predicted octanol–water partition coefficient (Wildman–Crippen LogP) is 3.79. The molecule has 0 aliphatic carbocycles. The van der Waals surface area contributed by atoms with Crippen molar-refractivity contribution in [3.8, 4) is 0 Å². The van der Waals surface area contributed by atoms with Gasteiger partial charge in [0.2, 0.25) is 0 Å². The highest BCUT2D eigenvalue weighted by Gasteiger charge is 2.31. The van der Waals surface area contributed by atoms with Gasteiger partial charge in [0.15, 0.2) is 0 Å². The number of allylic oxidation sites excluding steroid dienone is 2. The van der Waals surface area contributed by atoms with Crippen LogP contribution in [-0.4, -0.2) is 17.5 Å². The summed E-state index contributed by atoms with van der Waals surface area (Å²) < 4.78 is 38.6. The molecule has 0 aromatic heterocycles. The topological polar surface area (TPSA) is 56.4 Å². The number of hydrogen-bond donors (Lipinski definition) is 2. The van der Waals surface area contributed by atoms with E-state index < -0.39 is 17.5 Å². The van der Waals surface area contributed by atoms with Gasteiger partial charge in [0.1, 0.15) is 5.82 Å². The normalized spacial score (nSPS) is 12.7. The molecule has 1 aromatic rings. The second kappa shape index (κ2) is 7.54. The number of aliphatic hydroxyl groups is 1. The standard InChI is InChI=1S/C15H15F3N2O/c1-2-3-4-12(8-19)10-20-9-11-5-6-13(14(16)7-11)15(17,18)21/h2,5-10,19,21H,1,3-4H2/b12-10-,19-8?,20-9?. The van der Waals surface area contributed by atoms with Crippen LogP contribution in [0.2, 0.25) is 0 Å². The van der Waals surface area contributed by atoms with E-state index in [-0.39, 0.29) is 5.56 Å². The number of rotatable bonds is 7. The fraction of sp³-hybridized carbons (Fsp3) is 0.200. The number of nitrogens with zero attached hydrogens (tertiary/aromatic N) is 1. The second-order valence-electron chi connectivity index (χ2n) is 4.23. The molecule has 3 nitrogen and oxygen atoms in total. The molecule has 1 aromatic carbocycles. The van der Waals surface area contributed by atoms with Crippen LogP contribution in [-0.2, 0) is 6.11 Å². The van der Waals surface area contributed by atoms with Crippen LogP contribution in [0.4, 0.5) is 13.2 Å². The van der Waals surface area contributed by atoms with Crippen molar-refractivity contribution in [2.75, 3.05) is 0 Å². The number of aliphatic imine (C=N–C) groups is 1. The lowest BCUT2D eigenvalue weighted by Gasteiger charge is -2.09. The zero-order valence-corrected chi connectivity index (χ0v) is 11.2. The first-order chi connectivity index (χ1) is 9.88. The molecule has 0 aliphatic heterocycles. The summed E-state index contributed by atoms with van der Waals surface area (Å²) in [5.74, 6) is -1.21. The van der Waals surface area contributed by atoms with E-state index in [1.54, 1.807) is 6.08 Å². The Balaban J connectivity index is 2.86. The number of hydrogen-bond acceptors (Lipinski definition) is 3. The van der Waals surface area contributed by atoms with E-state index in [0.717, 1.165) is 18.3 Å². The van der Waals surface area contributed by atoms with Gasteiger partial charge in [0.25, 0.3) is 0 Å². The Morgan fingerprint density at radius 3 is 2.67 bits per heavy atom. The smallest absolute Gasteiger partial charge is 0.332 e. The Kier molecular flexibility index (Phi) is 6.05. The number of benzene rings is 1. The lowest BCUT2D eigenvalue weighted by Crippen LogP contribution is -2.13. The summed E-state index contributed by atoms with van der Waals surface area (Å²) in [7, 11) is 0. The van der Waals surface area contributed by atoms with Crippen LogP contribution in [0.5, 0.6) is 0 Å². The van der Waals surface area contributed by atoms with Crippen molar-refractivity contribution in [1.29, 1.82) is 5.41 Å². The average molecular weight is 296 g/mol. The van der Waals surface area contributed by atoms with Crippen molar-refractivity contribution < 1.29 is 18.3 Å². The molecule has 0 atom stereocenters. The van der Waals surface area contributed by atoms with Gasteiger partial charge in [-0.3, -0.25) is 4.99 Å². The molecule has 0 bridgehead atoms. The minimum absolute atomic E-state index is 0.268. The lowest BCUT2D eigenvalue weighted by atomic mass is 10.1. The maximum Gasteiger partial charge on any atom is 0.383 e. The molecular weight excluding hydrogens is 281 g/mol. The number of halogens is 3. The summed E-state index contributed by atoms with van der Waals surface area (Å²) in [5.41, 5.74) is -0.156. The monoisotopic (exact) mass is 296 g/mol. The summed E-state index contributed by atoms with van der Waals surface area (Å²) >= 11 is 0. The molecular formula is C15H15F3N2O. The van der Waals surface area contributed by atoms with Gasteiger partial charge in [-0.25, -0.2) is 4.39 Å². The molecule has 0 saturated carbocycles. The zero-order chi connectivity index (χ0) is 15.9. The molecule has 0 aliphatic rings. The average Bonchev–Trinajstić information content (AvgIpc) is 2.41. The van der Waals surface area contributed by atoms with Crippen LogP contribution in [0, 0.1) is 11.2 Å².